The largest absolute Gasteiger partial charge is 0.385 e. The van der Waals surface area contributed by atoms with Crippen molar-refractivity contribution in [1.29, 1.82) is 0 Å². The van der Waals surface area contributed by atoms with Gasteiger partial charge in [-0.15, -0.1) is 0 Å². The summed E-state index contributed by atoms with van der Waals surface area (Å²) >= 11 is 0. The van der Waals surface area contributed by atoms with Gasteiger partial charge in [0, 0.05) is 6.42 Å². The number of Topliss-reactive ketones (excluding diaryl/α,β-unsaturated/α-hetero) is 1. The molecule has 1 aliphatic carbocycles. The van der Waals surface area contributed by atoms with Gasteiger partial charge in [-0.2, -0.15) is 0 Å². The predicted octanol–water partition coefficient (Wildman–Crippen LogP) is 3.10. The van der Waals surface area contributed by atoms with Crippen LogP contribution in [0.2, 0.25) is 0 Å². The van der Waals surface area contributed by atoms with E-state index in [0.29, 0.717) is 6.42 Å². The van der Waals surface area contributed by atoms with Crippen molar-refractivity contribution < 1.29 is 19.8 Å². The highest BCUT2D eigenvalue weighted by atomic mass is 16.4. The highest BCUT2D eigenvalue weighted by Crippen LogP contribution is 2.24. The van der Waals surface area contributed by atoms with Gasteiger partial charge < -0.3 is 10.2 Å². The van der Waals surface area contributed by atoms with Gasteiger partial charge in [-0.05, 0) is 18.6 Å². The van der Waals surface area contributed by atoms with Crippen molar-refractivity contribution in [3.63, 3.8) is 0 Å². The number of carbonyl (C=O) groups excluding carboxylic acids is 2. The molecule has 2 N–H and O–H groups in total. The summed E-state index contributed by atoms with van der Waals surface area (Å²) in [5.41, 5.74) is -2.22. The Morgan fingerprint density at radius 3 is 2.00 bits per heavy atom. The zero-order valence-corrected chi connectivity index (χ0v) is 13.7. The van der Waals surface area contributed by atoms with Gasteiger partial charge in [0.1, 0.15) is 6.10 Å². The van der Waals surface area contributed by atoms with Crippen LogP contribution in [0, 0.1) is 0 Å². The molecule has 126 valence electrons. The molecule has 0 aromatic heterocycles. The Morgan fingerprint density at radius 2 is 1.55 bits per heavy atom. The molecule has 0 aliphatic heterocycles. The minimum atomic E-state index is -2.22. The zero-order chi connectivity index (χ0) is 16.4. The van der Waals surface area contributed by atoms with Gasteiger partial charge in [0.15, 0.2) is 11.6 Å². The molecular weight excluding hydrogens is 280 g/mol. The molecule has 0 aromatic rings. The van der Waals surface area contributed by atoms with Gasteiger partial charge in [-0.25, -0.2) is 0 Å². The van der Waals surface area contributed by atoms with Crippen LogP contribution in [0.15, 0.2) is 12.2 Å². The highest BCUT2D eigenvalue weighted by Gasteiger charge is 2.50. The average molecular weight is 310 g/mol. The Bertz CT molecular complexity index is 389. The van der Waals surface area contributed by atoms with Crippen LogP contribution in [0.5, 0.6) is 0 Å². The molecule has 0 radical (unpaired) electrons. The Kier molecular flexibility index (Phi) is 8.57. The highest BCUT2D eigenvalue weighted by molar-refractivity contribution is 6.17. The summed E-state index contributed by atoms with van der Waals surface area (Å²) in [4.78, 5) is 23.5. The molecule has 0 fully saturated rings. The van der Waals surface area contributed by atoms with E-state index in [-0.39, 0.29) is 6.42 Å². The summed E-state index contributed by atoms with van der Waals surface area (Å²) in [6, 6.07) is 0. The fraction of sp³-hybridized carbons (Fsp3) is 0.778. The van der Waals surface area contributed by atoms with E-state index in [2.05, 4.69) is 6.92 Å². The number of unbranched alkanes of at least 4 members (excludes halogenated alkanes) is 9. The Balaban J connectivity index is 2.05. The first-order chi connectivity index (χ1) is 10.5. The Morgan fingerprint density at radius 1 is 1.05 bits per heavy atom. The summed E-state index contributed by atoms with van der Waals surface area (Å²) in [6.07, 6.45) is 12.6. The van der Waals surface area contributed by atoms with Crippen molar-refractivity contribution in [3.05, 3.63) is 12.2 Å². The van der Waals surface area contributed by atoms with Crippen molar-refractivity contribution in [1.82, 2.24) is 0 Å². The monoisotopic (exact) mass is 310 g/mol. The van der Waals surface area contributed by atoms with E-state index in [1.54, 1.807) is 0 Å². The molecule has 2 atom stereocenters. The van der Waals surface area contributed by atoms with Crippen LogP contribution >= 0.6 is 0 Å². The van der Waals surface area contributed by atoms with Crippen LogP contribution < -0.4 is 0 Å². The second kappa shape index (κ2) is 9.90. The normalized spacial score (nSPS) is 24.1. The van der Waals surface area contributed by atoms with Crippen molar-refractivity contribution >= 4 is 11.6 Å². The smallest absolute Gasteiger partial charge is 0.215 e. The maximum Gasteiger partial charge on any atom is 0.215 e. The number of hydrogen-bond donors (Lipinski definition) is 2. The molecule has 0 heterocycles. The Labute approximate surface area is 133 Å². The maximum absolute atomic E-state index is 12.0. The van der Waals surface area contributed by atoms with E-state index in [1.807, 2.05) is 0 Å². The van der Waals surface area contributed by atoms with Crippen LogP contribution in [0.4, 0.5) is 0 Å². The van der Waals surface area contributed by atoms with Gasteiger partial charge in [0.25, 0.3) is 0 Å². The van der Waals surface area contributed by atoms with Crippen molar-refractivity contribution in [3.8, 4) is 0 Å². The lowest BCUT2D eigenvalue weighted by atomic mass is 9.89. The van der Waals surface area contributed by atoms with Crippen LogP contribution in [-0.4, -0.2) is 33.5 Å². The molecule has 1 aliphatic rings. The van der Waals surface area contributed by atoms with Crippen LogP contribution in [-0.2, 0) is 9.59 Å². The quantitative estimate of drug-likeness (QED) is 0.429. The van der Waals surface area contributed by atoms with Gasteiger partial charge in [0.05, 0.1) is 0 Å². The van der Waals surface area contributed by atoms with Gasteiger partial charge in [-0.3, -0.25) is 9.59 Å². The predicted molar refractivity (Wildman–Crippen MR) is 86.6 cm³/mol. The summed E-state index contributed by atoms with van der Waals surface area (Å²) in [7, 11) is 0. The number of ketones is 2. The third kappa shape index (κ3) is 5.33. The molecule has 4 nitrogen and oxygen atoms in total. The molecule has 0 aromatic carbocycles. The van der Waals surface area contributed by atoms with E-state index < -0.39 is 23.3 Å². The molecule has 0 bridgehead atoms. The first kappa shape index (κ1) is 19.0. The van der Waals surface area contributed by atoms with E-state index in [0.717, 1.165) is 18.9 Å². The van der Waals surface area contributed by atoms with Gasteiger partial charge >= 0.3 is 0 Å². The number of rotatable bonds is 12. The first-order valence-electron chi connectivity index (χ1n) is 8.69. The number of hydrogen-bond acceptors (Lipinski definition) is 4. The minimum absolute atomic E-state index is 0.150. The standard InChI is InChI=1S/C18H30O4/c1-2-3-4-5-6-7-8-9-10-11-12-15(19)18(22)16(20)13-14-17(18)21/h13-14,16,20,22H,2-12H2,1H3/t16-,18+/m0/s1. The van der Waals surface area contributed by atoms with Crippen LogP contribution in [0.1, 0.15) is 77.6 Å². The second-order valence-corrected chi connectivity index (χ2v) is 6.29. The molecule has 0 saturated carbocycles. The maximum atomic E-state index is 12.0. The van der Waals surface area contributed by atoms with Crippen LogP contribution in [0.3, 0.4) is 0 Å². The number of aliphatic hydroxyl groups excluding tert-OH is 1. The van der Waals surface area contributed by atoms with Gasteiger partial charge in [0.2, 0.25) is 5.60 Å². The van der Waals surface area contributed by atoms with Crippen molar-refractivity contribution in [2.45, 2.75) is 89.3 Å². The topological polar surface area (TPSA) is 74.6 Å². The number of carbonyl (C=O) groups is 2. The second-order valence-electron chi connectivity index (χ2n) is 6.29. The molecule has 0 unspecified atom stereocenters. The Hall–Kier alpha value is -1.00. The average Bonchev–Trinajstić information content (AvgIpc) is 2.77. The van der Waals surface area contributed by atoms with Crippen molar-refractivity contribution in [2.24, 2.45) is 0 Å². The molecular formula is C18H30O4. The molecule has 22 heavy (non-hydrogen) atoms. The summed E-state index contributed by atoms with van der Waals surface area (Å²) in [5.74, 6) is -1.26. The minimum Gasteiger partial charge on any atom is -0.385 e. The van der Waals surface area contributed by atoms with E-state index >= 15 is 0 Å². The lowest BCUT2D eigenvalue weighted by Gasteiger charge is -2.23. The fourth-order valence-electron chi connectivity index (χ4n) is 2.86. The molecule has 0 spiro atoms. The molecule has 4 heteroatoms. The first-order valence-corrected chi connectivity index (χ1v) is 8.69. The van der Waals surface area contributed by atoms with E-state index in [1.165, 1.54) is 51.0 Å². The van der Waals surface area contributed by atoms with E-state index in [9.17, 15) is 19.8 Å². The molecule has 0 saturated heterocycles. The lowest BCUT2D eigenvalue weighted by molar-refractivity contribution is -0.154. The third-order valence-electron chi connectivity index (χ3n) is 4.42. The fourth-order valence-corrected chi connectivity index (χ4v) is 2.86. The SMILES string of the molecule is CCCCCCCCCCCCC(=O)[C@]1(O)C(=O)C=C[C@@H]1O. The molecule has 1 rings (SSSR count). The van der Waals surface area contributed by atoms with Crippen molar-refractivity contribution in [2.75, 3.05) is 0 Å². The zero-order valence-electron chi connectivity index (χ0n) is 13.7. The summed E-state index contributed by atoms with van der Waals surface area (Å²) in [6.45, 7) is 2.21. The summed E-state index contributed by atoms with van der Waals surface area (Å²) in [5, 5.41) is 19.6. The summed E-state index contributed by atoms with van der Waals surface area (Å²) < 4.78 is 0. The number of aliphatic hydroxyl groups is 2. The third-order valence-corrected chi connectivity index (χ3v) is 4.42. The van der Waals surface area contributed by atoms with E-state index in [4.69, 9.17) is 0 Å². The lowest BCUT2D eigenvalue weighted by Crippen LogP contribution is -2.51. The van der Waals surface area contributed by atoms with Gasteiger partial charge in [-0.1, -0.05) is 64.7 Å². The molecule has 0 amide bonds. The van der Waals surface area contributed by atoms with Crippen LogP contribution in [0.25, 0.3) is 0 Å².